The van der Waals surface area contributed by atoms with Crippen LogP contribution in [0.1, 0.15) is 40.2 Å². The first-order chi connectivity index (χ1) is 19.0. The molecule has 1 aromatic heterocycles. The number of rotatable bonds is 9. The number of hydrogen-bond donors (Lipinski definition) is 2. The summed E-state index contributed by atoms with van der Waals surface area (Å²) in [6.45, 7) is 4.62. The molecule has 200 valence electrons. The van der Waals surface area contributed by atoms with E-state index in [0.717, 1.165) is 49.0 Å². The summed E-state index contributed by atoms with van der Waals surface area (Å²) < 4.78 is 5.48. The fourth-order valence-electron chi connectivity index (χ4n) is 4.85. The number of hydrogen-bond acceptors (Lipinski definition) is 6. The van der Waals surface area contributed by atoms with E-state index >= 15 is 0 Å². The van der Waals surface area contributed by atoms with Crippen LogP contribution in [0.5, 0.6) is 0 Å². The minimum atomic E-state index is -0.193. The Morgan fingerprint density at radius 1 is 0.974 bits per heavy atom. The average molecular weight is 524 g/mol. The van der Waals surface area contributed by atoms with Gasteiger partial charge in [-0.25, -0.2) is 0 Å². The predicted molar refractivity (Wildman–Crippen MR) is 150 cm³/mol. The molecule has 1 aliphatic rings. The summed E-state index contributed by atoms with van der Waals surface area (Å²) in [4.78, 5) is 32.7. The van der Waals surface area contributed by atoms with E-state index in [4.69, 9.17) is 4.52 Å². The first kappa shape index (κ1) is 26.3. The highest BCUT2D eigenvalue weighted by molar-refractivity contribution is 6.04. The van der Waals surface area contributed by atoms with Crippen molar-refractivity contribution in [2.45, 2.75) is 32.7 Å². The maximum atomic E-state index is 13.1. The van der Waals surface area contributed by atoms with Crippen LogP contribution >= 0.6 is 0 Å². The summed E-state index contributed by atoms with van der Waals surface area (Å²) in [5.74, 6) is 0.785. The zero-order chi connectivity index (χ0) is 27.0. The Morgan fingerprint density at radius 3 is 2.54 bits per heavy atom. The van der Waals surface area contributed by atoms with Crippen molar-refractivity contribution < 1.29 is 14.1 Å². The fourth-order valence-corrected chi connectivity index (χ4v) is 4.85. The second-order valence-corrected chi connectivity index (χ2v) is 9.96. The lowest BCUT2D eigenvalue weighted by Gasteiger charge is -2.30. The van der Waals surface area contributed by atoms with Crippen LogP contribution < -0.4 is 10.6 Å². The SMILES string of the molecule is Cc1cccc(-c2noc(CN3CCC(C(=O)Nc4ccccc4C(=O)NCCc4ccccc4)CC3)n2)c1. The van der Waals surface area contributed by atoms with Crippen LogP contribution in [0.4, 0.5) is 5.69 Å². The molecule has 0 aliphatic carbocycles. The van der Waals surface area contributed by atoms with Crippen molar-refractivity contribution >= 4 is 17.5 Å². The molecule has 2 N–H and O–H groups in total. The van der Waals surface area contributed by atoms with Gasteiger partial charge in [0.05, 0.1) is 17.8 Å². The number of nitrogens with one attached hydrogen (secondary N) is 2. The van der Waals surface area contributed by atoms with Crippen LogP contribution in [0.15, 0.2) is 83.4 Å². The number of para-hydroxylation sites is 1. The van der Waals surface area contributed by atoms with Gasteiger partial charge in [0.15, 0.2) is 0 Å². The highest BCUT2D eigenvalue weighted by Crippen LogP contribution is 2.23. The molecule has 39 heavy (non-hydrogen) atoms. The number of likely N-dealkylation sites (tertiary alicyclic amines) is 1. The average Bonchev–Trinajstić information content (AvgIpc) is 3.43. The highest BCUT2D eigenvalue weighted by Gasteiger charge is 2.27. The normalized spacial score (nSPS) is 14.2. The number of amides is 2. The lowest BCUT2D eigenvalue weighted by molar-refractivity contribution is -0.121. The first-order valence-corrected chi connectivity index (χ1v) is 13.4. The minimum absolute atomic E-state index is 0.0568. The Balaban J connectivity index is 1.11. The summed E-state index contributed by atoms with van der Waals surface area (Å²) in [5.41, 5.74) is 4.25. The third-order valence-electron chi connectivity index (χ3n) is 7.03. The maximum Gasteiger partial charge on any atom is 0.253 e. The lowest BCUT2D eigenvalue weighted by Crippen LogP contribution is -2.38. The van der Waals surface area contributed by atoms with Gasteiger partial charge in [-0.15, -0.1) is 0 Å². The van der Waals surface area contributed by atoms with Gasteiger partial charge in [0.1, 0.15) is 0 Å². The van der Waals surface area contributed by atoms with Crippen LogP contribution in [0.25, 0.3) is 11.4 Å². The van der Waals surface area contributed by atoms with Gasteiger partial charge in [0.2, 0.25) is 17.6 Å². The Bertz CT molecular complexity index is 1410. The van der Waals surface area contributed by atoms with E-state index < -0.39 is 0 Å². The Labute approximate surface area is 228 Å². The molecular formula is C31H33N5O3. The molecule has 0 bridgehead atoms. The van der Waals surface area contributed by atoms with Crippen LogP contribution in [-0.4, -0.2) is 46.5 Å². The van der Waals surface area contributed by atoms with E-state index in [1.165, 1.54) is 0 Å². The van der Waals surface area contributed by atoms with Gasteiger partial charge in [-0.3, -0.25) is 14.5 Å². The minimum Gasteiger partial charge on any atom is -0.352 e. The smallest absolute Gasteiger partial charge is 0.253 e. The first-order valence-electron chi connectivity index (χ1n) is 13.4. The van der Waals surface area contributed by atoms with E-state index in [0.29, 0.717) is 36.1 Å². The molecule has 8 heteroatoms. The molecule has 1 aliphatic heterocycles. The highest BCUT2D eigenvalue weighted by atomic mass is 16.5. The fraction of sp³-hybridized carbons (Fsp3) is 0.290. The van der Waals surface area contributed by atoms with Gasteiger partial charge >= 0.3 is 0 Å². The summed E-state index contributed by atoms with van der Waals surface area (Å²) in [6.07, 6.45) is 2.18. The number of anilines is 1. The van der Waals surface area contributed by atoms with Gasteiger partial charge < -0.3 is 15.2 Å². The maximum absolute atomic E-state index is 13.1. The second-order valence-electron chi connectivity index (χ2n) is 9.96. The van der Waals surface area contributed by atoms with E-state index in [2.05, 4.69) is 25.7 Å². The van der Waals surface area contributed by atoms with Gasteiger partial charge in [-0.2, -0.15) is 4.98 Å². The second kappa shape index (κ2) is 12.5. The van der Waals surface area contributed by atoms with E-state index in [-0.39, 0.29) is 17.7 Å². The molecule has 8 nitrogen and oxygen atoms in total. The molecule has 2 amide bonds. The van der Waals surface area contributed by atoms with Crippen LogP contribution in [-0.2, 0) is 17.8 Å². The summed E-state index contributed by atoms with van der Waals surface area (Å²) in [7, 11) is 0. The largest absolute Gasteiger partial charge is 0.352 e. The molecule has 5 rings (SSSR count). The zero-order valence-electron chi connectivity index (χ0n) is 22.1. The Hall–Kier alpha value is -4.30. The number of piperidine rings is 1. The van der Waals surface area contributed by atoms with Crippen molar-refractivity contribution in [3.8, 4) is 11.4 Å². The Kier molecular flexibility index (Phi) is 8.43. The molecule has 2 heterocycles. The molecule has 0 spiro atoms. The lowest BCUT2D eigenvalue weighted by atomic mass is 9.95. The molecule has 1 fully saturated rings. The van der Waals surface area contributed by atoms with Gasteiger partial charge in [-0.1, -0.05) is 71.4 Å². The van der Waals surface area contributed by atoms with Gasteiger partial charge in [0.25, 0.3) is 5.91 Å². The molecule has 1 saturated heterocycles. The number of carbonyl (C=O) groups excluding carboxylic acids is 2. The summed E-state index contributed by atoms with van der Waals surface area (Å²) in [6, 6.07) is 25.2. The number of nitrogens with zero attached hydrogens (tertiary/aromatic N) is 3. The third kappa shape index (κ3) is 6.97. The van der Waals surface area contributed by atoms with Crippen molar-refractivity contribution in [1.29, 1.82) is 0 Å². The summed E-state index contributed by atoms with van der Waals surface area (Å²) in [5, 5.41) is 10.1. The van der Waals surface area contributed by atoms with E-state index in [1.807, 2.05) is 73.7 Å². The molecule has 0 radical (unpaired) electrons. The summed E-state index contributed by atoms with van der Waals surface area (Å²) >= 11 is 0. The van der Waals surface area contributed by atoms with Crippen LogP contribution in [0.2, 0.25) is 0 Å². The molecule has 0 saturated carbocycles. The van der Waals surface area contributed by atoms with Crippen LogP contribution in [0, 0.1) is 12.8 Å². The van der Waals surface area contributed by atoms with Crippen molar-refractivity contribution in [3.63, 3.8) is 0 Å². The number of carbonyl (C=O) groups is 2. The molecular weight excluding hydrogens is 490 g/mol. The molecule has 4 aromatic rings. The van der Waals surface area contributed by atoms with E-state index in [9.17, 15) is 9.59 Å². The van der Waals surface area contributed by atoms with Gasteiger partial charge in [0, 0.05) is 18.0 Å². The van der Waals surface area contributed by atoms with E-state index in [1.54, 1.807) is 12.1 Å². The van der Waals surface area contributed by atoms with Gasteiger partial charge in [-0.05, 0) is 63.0 Å². The Morgan fingerprint density at radius 2 is 1.74 bits per heavy atom. The monoisotopic (exact) mass is 523 g/mol. The molecule has 3 aromatic carbocycles. The molecule has 0 atom stereocenters. The van der Waals surface area contributed by atoms with Crippen LogP contribution in [0.3, 0.4) is 0 Å². The van der Waals surface area contributed by atoms with Crippen molar-refractivity contribution in [3.05, 3.63) is 101 Å². The van der Waals surface area contributed by atoms with Crippen molar-refractivity contribution in [2.75, 3.05) is 25.0 Å². The quantitative estimate of drug-likeness (QED) is 0.325. The standard InChI is InChI=1S/C31H33N5O3/c1-22-8-7-11-25(20-22)29-34-28(39-35-29)21-36-18-15-24(16-19-36)30(37)33-27-13-6-5-12-26(27)31(38)32-17-14-23-9-3-2-4-10-23/h2-13,20,24H,14-19,21H2,1H3,(H,32,38)(H,33,37). The number of benzene rings is 3. The topological polar surface area (TPSA) is 100 Å². The third-order valence-corrected chi connectivity index (χ3v) is 7.03. The van der Waals surface area contributed by atoms with Crippen molar-refractivity contribution in [1.82, 2.24) is 20.4 Å². The predicted octanol–water partition coefficient (Wildman–Crippen LogP) is 4.87. The van der Waals surface area contributed by atoms with Crippen molar-refractivity contribution in [2.24, 2.45) is 5.92 Å². The molecule has 0 unspecified atom stereocenters. The number of aryl methyl sites for hydroxylation is 1. The zero-order valence-corrected chi connectivity index (χ0v) is 22.1. The number of aromatic nitrogens is 2.